The molecule has 4 heteroatoms. The topological polar surface area (TPSA) is 55.6 Å². The van der Waals surface area contributed by atoms with E-state index in [1.165, 1.54) is 0 Å². The van der Waals surface area contributed by atoms with Crippen LogP contribution < -0.4 is 5.73 Å². The van der Waals surface area contributed by atoms with Gasteiger partial charge in [0, 0.05) is 19.6 Å². The molecule has 4 nitrogen and oxygen atoms in total. The zero-order valence-electron chi connectivity index (χ0n) is 11.2. The van der Waals surface area contributed by atoms with Gasteiger partial charge < -0.3 is 15.4 Å². The van der Waals surface area contributed by atoms with Crippen molar-refractivity contribution in [3.8, 4) is 0 Å². The van der Waals surface area contributed by atoms with E-state index in [-0.39, 0.29) is 6.09 Å². The summed E-state index contributed by atoms with van der Waals surface area (Å²) in [5.41, 5.74) is 5.05. The summed E-state index contributed by atoms with van der Waals surface area (Å²) in [5, 5.41) is 0. The Bertz CT molecular complexity index is 210. The Morgan fingerprint density at radius 1 is 1.31 bits per heavy atom. The normalized spacial score (nSPS) is 11.7. The minimum atomic E-state index is -0.443. The standard InChI is InChI=1S/C12H26N2O2/c1-10(2)6-8-14(9-7-13)11(15)16-12(3,4)5/h10H,6-9,13H2,1-5H3. The molecule has 0 saturated heterocycles. The van der Waals surface area contributed by atoms with Gasteiger partial charge in [-0.2, -0.15) is 0 Å². The van der Waals surface area contributed by atoms with Gasteiger partial charge in [-0.1, -0.05) is 13.8 Å². The summed E-state index contributed by atoms with van der Waals surface area (Å²) in [4.78, 5) is 13.5. The van der Waals surface area contributed by atoms with Gasteiger partial charge in [0.05, 0.1) is 0 Å². The molecule has 0 radical (unpaired) electrons. The fourth-order valence-corrected chi connectivity index (χ4v) is 1.19. The number of rotatable bonds is 5. The van der Waals surface area contributed by atoms with Crippen LogP contribution in [0.3, 0.4) is 0 Å². The summed E-state index contributed by atoms with van der Waals surface area (Å²) in [6, 6.07) is 0. The maximum absolute atomic E-state index is 11.8. The Balaban J connectivity index is 4.23. The minimum absolute atomic E-state index is 0.265. The van der Waals surface area contributed by atoms with E-state index in [4.69, 9.17) is 10.5 Å². The van der Waals surface area contributed by atoms with Crippen molar-refractivity contribution in [1.82, 2.24) is 4.90 Å². The van der Waals surface area contributed by atoms with E-state index < -0.39 is 5.60 Å². The first-order valence-electron chi connectivity index (χ1n) is 5.94. The molecule has 0 unspecified atom stereocenters. The van der Waals surface area contributed by atoms with Gasteiger partial charge in [0.1, 0.15) is 5.60 Å². The van der Waals surface area contributed by atoms with Crippen LogP contribution in [-0.4, -0.2) is 36.2 Å². The van der Waals surface area contributed by atoms with Crippen LogP contribution in [0.4, 0.5) is 4.79 Å². The van der Waals surface area contributed by atoms with Gasteiger partial charge in [-0.05, 0) is 33.1 Å². The molecule has 96 valence electrons. The second-order valence-electron chi connectivity index (χ2n) is 5.44. The molecule has 0 aliphatic rings. The number of hydrogen-bond donors (Lipinski definition) is 1. The predicted octanol–water partition coefficient (Wildman–Crippen LogP) is 2.23. The lowest BCUT2D eigenvalue weighted by Crippen LogP contribution is -2.40. The predicted molar refractivity (Wildman–Crippen MR) is 66.3 cm³/mol. The van der Waals surface area contributed by atoms with Gasteiger partial charge in [-0.15, -0.1) is 0 Å². The molecule has 1 amide bonds. The fourth-order valence-electron chi connectivity index (χ4n) is 1.19. The summed E-state index contributed by atoms with van der Waals surface area (Å²) in [5.74, 6) is 0.572. The van der Waals surface area contributed by atoms with Crippen LogP contribution >= 0.6 is 0 Å². The SMILES string of the molecule is CC(C)CCN(CCN)C(=O)OC(C)(C)C. The second kappa shape index (κ2) is 6.74. The third-order valence-electron chi connectivity index (χ3n) is 2.03. The van der Waals surface area contributed by atoms with Crippen molar-refractivity contribution in [1.29, 1.82) is 0 Å². The van der Waals surface area contributed by atoms with Gasteiger partial charge in [0.25, 0.3) is 0 Å². The van der Waals surface area contributed by atoms with Crippen LogP contribution in [-0.2, 0) is 4.74 Å². The first kappa shape index (κ1) is 15.2. The van der Waals surface area contributed by atoms with Crippen LogP contribution in [0.1, 0.15) is 41.0 Å². The lowest BCUT2D eigenvalue weighted by Gasteiger charge is -2.27. The smallest absolute Gasteiger partial charge is 0.410 e. The molecule has 0 aliphatic carbocycles. The third kappa shape index (κ3) is 7.51. The fraction of sp³-hybridized carbons (Fsp3) is 0.917. The van der Waals surface area contributed by atoms with E-state index in [0.29, 0.717) is 25.6 Å². The molecular formula is C12H26N2O2. The number of nitrogens with two attached hydrogens (primary N) is 1. The Morgan fingerprint density at radius 2 is 1.88 bits per heavy atom. The Hall–Kier alpha value is -0.770. The molecule has 0 atom stereocenters. The molecule has 0 aliphatic heterocycles. The van der Waals surface area contributed by atoms with Crippen LogP contribution in [0.2, 0.25) is 0 Å². The Labute approximate surface area is 99.1 Å². The van der Waals surface area contributed by atoms with Crippen LogP contribution in [0.15, 0.2) is 0 Å². The molecular weight excluding hydrogens is 204 g/mol. The van der Waals surface area contributed by atoms with Crippen LogP contribution in [0.25, 0.3) is 0 Å². The molecule has 16 heavy (non-hydrogen) atoms. The molecule has 0 rings (SSSR count). The summed E-state index contributed by atoms with van der Waals surface area (Å²) < 4.78 is 5.32. The number of ether oxygens (including phenoxy) is 1. The molecule has 2 N–H and O–H groups in total. The molecule has 0 heterocycles. The van der Waals surface area contributed by atoms with Gasteiger partial charge >= 0.3 is 6.09 Å². The average molecular weight is 230 g/mol. The monoisotopic (exact) mass is 230 g/mol. The van der Waals surface area contributed by atoms with Crippen LogP contribution in [0.5, 0.6) is 0 Å². The molecule has 0 aromatic rings. The largest absolute Gasteiger partial charge is 0.444 e. The van der Waals surface area contributed by atoms with E-state index in [1.54, 1.807) is 4.90 Å². The van der Waals surface area contributed by atoms with Gasteiger partial charge in [-0.25, -0.2) is 4.79 Å². The quantitative estimate of drug-likeness (QED) is 0.788. The highest BCUT2D eigenvalue weighted by molar-refractivity contribution is 5.68. The Morgan fingerprint density at radius 3 is 2.25 bits per heavy atom. The van der Waals surface area contributed by atoms with E-state index >= 15 is 0 Å². The van der Waals surface area contributed by atoms with E-state index in [1.807, 2.05) is 20.8 Å². The summed E-state index contributed by atoms with van der Waals surface area (Å²) in [6.45, 7) is 11.6. The summed E-state index contributed by atoms with van der Waals surface area (Å²) in [7, 11) is 0. The second-order valence-corrected chi connectivity index (χ2v) is 5.44. The molecule has 0 aromatic heterocycles. The van der Waals surface area contributed by atoms with E-state index in [2.05, 4.69) is 13.8 Å². The number of carbonyl (C=O) groups is 1. The highest BCUT2D eigenvalue weighted by Gasteiger charge is 2.21. The van der Waals surface area contributed by atoms with Crippen molar-refractivity contribution in [3.63, 3.8) is 0 Å². The first-order valence-corrected chi connectivity index (χ1v) is 5.94. The van der Waals surface area contributed by atoms with Crippen molar-refractivity contribution < 1.29 is 9.53 Å². The van der Waals surface area contributed by atoms with Gasteiger partial charge in [0.15, 0.2) is 0 Å². The number of carbonyl (C=O) groups excluding carboxylic acids is 1. The van der Waals surface area contributed by atoms with Crippen molar-refractivity contribution in [2.45, 2.75) is 46.6 Å². The number of amides is 1. The lowest BCUT2D eigenvalue weighted by molar-refractivity contribution is 0.0248. The summed E-state index contributed by atoms with van der Waals surface area (Å²) in [6.07, 6.45) is 0.706. The molecule has 0 spiro atoms. The molecule has 0 aromatic carbocycles. The zero-order valence-corrected chi connectivity index (χ0v) is 11.2. The van der Waals surface area contributed by atoms with Crippen molar-refractivity contribution in [2.75, 3.05) is 19.6 Å². The first-order chi connectivity index (χ1) is 7.26. The molecule has 0 bridgehead atoms. The van der Waals surface area contributed by atoms with E-state index in [0.717, 1.165) is 6.42 Å². The highest BCUT2D eigenvalue weighted by Crippen LogP contribution is 2.11. The maximum atomic E-state index is 11.8. The Kier molecular flexibility index (Phi) is 6.41. The average Bonchev–Trinajstić information content (AvgIpc) is 2.08. The van der Waals surface area contributed by atoms with Gasteiger partial charge in [0.2, 0.25) is 0 Å². The highest BCUT2D eigenvalue weighted by atomic mass is 16.6. The zero-order chi connectivity index (χ0) is 12.8. The number of hydrogen-bond acceptors (Lipinski definition) is 3. The van der Waals surface area contributed by atoms with Crippen molar-refractivity contribution in [2.24, 2.45) is 11.7 Å². The summed E-state index contributed by atoms with van der Waals surface area (Å²) >= 11 is 0. The van der Waals surface area contributed by atoms with Crippen molar-refractivity contribution in [3.05, 3.63) is 0 Å². The lowest BCUT2D eigenvalue weighted by atomic mass is 10.1. The third-order valence-corrected chi connectivity index (χ3v) is 2.03. The van der Waals surface area contributed by atoms with E-state index in [9.17, 15) is 4.79 Å². The van der Waals surface area contributed by atoms with Crippen molar-refractivity contribution >= 4 is 6.09 Å². The maximum Gasteiger partial charge on any atom is 0.410 e. The van der Waals surface area contributed by atoms with Crippen LogP contribution in [0, 0.1) is 5.92 Å². The van der Waals surface area contributed by atoms with Gasteiger partial charge in [-0.3, -0.25) is 0 Å². The number of nitrogens with zero attached hydrogens (tertiary/aromatic N) is 1. The molecule has 0 fully saturated rings. The minimum Gasteiger partial charge on any atom is -0.444 e. The molecule has 0 saturated carbocycles.